The second-order valence-electron chi connectivity index (χ2n) is 7.01. The number of amides is 2. The second kappa shape index (κ2) is 9.34. The van der Waals surface area contributed by atoms with Crippen LogP contribution in [0.5, 0.6) is 0 Å². The van der Waals surface area contributed by atoms with E-state index in [2.05, 4.69) is 16.4 Å². The van der Waals surface area contributed by atoms with Gasteiger partial charge in [0.1, 0.15) is 11.1 Å². The zero-order chi connectivity index (χ0) is 20.8. The molecular weight excluding hydrogens is 388 g/mol. The summed E-state index contributed by atoms with van der Waals surface area (Å²) in [6.07, 6.45) is 8.40. The van der Waals surface area contributed by atoms with Crippen LogP contribution in [-0.2, 0) is 22.4 Å². The molecule has 1 unspecified atom stereocenters. The number of thiophene rings is 1. The monoisotopic (exact) mass is 410 g/mol. The number of nitriles is 1. The maximum atomic E-state index is 12.3. The summed E-state index contributed by atoms with van der Waals surface area (Å²) in [7, 11) is 3.30. The fourth-order valence-corrected chi connectivity index (χ4v) is 4.44. The van der Waals surface area contributed by atoms with Gasteiger partial charge in [-0.15, -0.1) is 11.3 Å². The van der Waals surface area contributed by atoms with Gasteiger partial charge in [0.05, 0.1) is 12.2 Å². The summed E-state index contributed by atoms with van der Waals surface area (Å²) in [5.74, 6) is -0.0777. The predicted octanol–water partition coefficient (Wildman–Crippen LogP) is 3.47. The van der Waals surface area contributed by atoms with Crippen molar-refractivity contribution in [2.24, 2.45) is 5.92 Å². The normalized spacial score (nSPS) is 15.4. The Morgan fingerprint density at radius 3 is 3.00 bits per heavy atom. The Hall–Kier alpha value is -3.18. The molecule has 3 rings (SSSR count). The second-order valence-corrected chi connectivity index (χ2v) is 8.11. The van der Waals surface area contributed by atoms with Crippen molar-refractivity contribution in [2.45, 2.75) is 19.3 Å². The third-order valence-electron chi connectivity index (χ3n) is 4.64. The van der Waals surface area contributed by atoms with Crippen LogP contribution in [0.3, 0.4) is 0 Å². The van der Waals surface area contributed by atoms with Crippen LogP contribution >= 0.6 is 11.3 Å². The average molecular weight is 410 g/mol. The summed E-state index contributed by atoms with van der Waals surface area (Å²) in [5, 5.41) is 13.0. The van der Waals surface area contributed by atoms with Gasteiger partial charge in [0.25, 0.3) is 0 Å². The van der Waals surface area contributed by atoms with E-state index in [1.54, 1.807) is 38.6 Å². The number of hydrogen-bond donors (Lipinski definition) is 1. The van der Waals surface area contributed by atoms with E-state index in [1.807, 2.05) is 6.07 Å². The Bertz CT molecular complexity index is 960. The van der Waals surface area contributed by atoms with Gasteiger partial charge in [-0.2, -0.15) is 5.26 Å². The molecule has 0 fully saturated rings. The van der Waals surface area contributed by atoms with Crippen LogP contribution in [0, 0.1) is 17.2 Å². The summed E-state index contributed by atoms with van der Waals surface area (Å²) in [6, 6.07) is 5.88. The Labute approximate surface area is 173 Å². The molecule has 2 heterocycles. The fourth-order valence-electron chi connectivity index (χ4n) is 3.12. The first-order valence-electron chi connectivity index (χ1n) is 9.25. The van der Waals surface area contributed by atoms with E-state index in [1.165, 1.54) is 22.3 Å². The molecule has 2 aromatic rings. The average Bonchev–Trinajstić information content (AvgIpc) is 3.07. The Morgan fingerprint density at radius 1 is 1.48 bits per heavy atom. The van der Waals surface area contributed by atoms with Gasteiger partial charge in [0, 0.05) is 37.4 Å². The standard InChI is InChI=1S/C21H22N4O3S/c1-25(2)21(27)28-13-15-5-7-16-17(11-22)20(29-18(16)10-15)24-19(26)8-6-14-4-3-9-23-12-14/h3-4,6,8-9,12,15H,5,7,10,13H2,1-2H3,(H,24,26). The van der Waals surface area contributed by atoms with Crippen LogP contribution < -0.4 is 5.32 Å². The molecule has 8 heteroatoms. The summed E-state index contributed by atoms with van der Waals surface area (Å²) in [6.45, 7) is 0.353. The van der Waals surface area contributed by atoms with E-state index in [0.717, 1.165) is 35.3 Å². The van der Waals surface area contributed by atoms with Crippen LogP contribution in [0.15, 0.2) is 30.6 Å². The maximum Gasteiger partial charge on any atom is 0.409 e. The van der Waals surface area contributed by atoms with Crippen LogP contribution in [0.2, 0.25) is 0 Å². The molecule has 0 saturated carbocycles. The van der Waals surface area contributed by atoms with Crippen molar-refractivity contribution in [3.63, 3.8) is 0 Å². The van der Waals surface area contributed by atoms with Crippen molar-refractivity contribution in [3.05, 3.63) is 52.2 Å². The van der Waals surface area contributed by atoms with Gasteiger partial charge in [0.2, 0.25) is 5.91 Å². The summed E-state index contributed by atoms with van der Waals surface area (Å²) in [4.78, 5) is 30.4. The van der Waals surface area contributed by atoms with Crippen LogP contribution in [-0.4, -0.2) is 42.6 Å². The quantitative estimate of drug-likeness (QED) is 0.762. The summed E-state index contributed by atoms with van der Waals surface area (Å²) >= 11 is 1.43. The van der Waals surface area contributed by atoms with Crippen molar-refractivity contribution in [1.29, 1.82) is 5.26 Å². The molecule has 1 aliphatic carbocycles. The highest BCUT2D eigenvalue weighted by Gasteiger charge is 2.27. The molecule has 1 aliphatic rings. The van der Waals surface area contributed by atoms with E-state index in [-0.39, 0.29) is 17.9 Å². The minimum absolute atomic E-state index is 0.214. The van der Waals surface area contributed by atoms with Gasteiger partial charge in [-0.1, -0.05) is 6.07 Å². The molecular formula is C21H22N4O3S. The van der Waals surface area contributed by atoms with Crippen LogP contribution in [0.1, 0.15) is 28.0 Å². The van der Waals surface area contributed by atoms with E-state index >= 15 is 0 Å². The SMILES string of the molecule is CN(C)C(=O)OCC1CCc2c(sc(NC(=O)C=Cc3cccnc3)c2C#N)C1. The lowest BCUT2D eigenvalue weighted by Gasteiger charge is -2.22. The van der Waals surface area contributed by atoms with Crippen molar-refractivity contribution in [2.75, 3.05) is 26.0 Å². The van der Waals surface area contributed by atoms with E-state index in [4.69, 9.17) is 4.74 Å². The van der Waals surface area contributed by atoms with E-state index in [9.17, 15) is 14.9 Å². The number of carbonyl (C=O) groups excluding carboxylic acids is 2. The number of fused-ring (bicyclic) bond motifs is 1. The van der Waals surface area contributed by atoms with Crippen molar-refractivity contribution in [1.82, 2.24) is 9.88 Å². The molecule has 0 aliphatic heterocycles. The molecule has 2 amide bonds. The molecule has 0 aromatic carbocycles. The number of ether oxygens (including phenoxy) is 1. The lowest BCUT2D eigenvalue weighted by molar-refractivity contribution is -0.111. The molecule has 1 N–H and O–H groups in total. The highest BCUT2D eigenvalue weighted by molar-refractivity contribution is 7.16. The predicted molar refractivity (Wildman–Crippen MR) is 111 cm³/mol. The molecule has 0 saturated heterocycles. The molecule has 0 spiro atoms. The minimum Gasteiger partial charge on any atom is -0.449 e. The van der Waals surface area contributed by atoms with Gasteiger partial charge >= 0.3 is 6.09 Å². The number of nitrogens with one attached hydrogen (secondary N) is 1. The summed E-state index contributed by atoms with van der Waals surface area (Å²) in [5.41, 5.74) is 2.36. The van der Waals surface area contributed by atoms with Crippen molar-refractivity contribution >= 4 is 34.4 Å². The number of hydrogen-bond acceptors (Lipinski definition) is 6. The number of rotatable bonds is 5. The van der Waals surface area contributed by atoms with Crippen LogP contribution in [0.25, 0.3) is 6.08 Å². The number of anilines is 1. The number of aromatic nitrogens is 1. The third-order valence-corrected chi connectivity index (χ3v) is 5.80. The van der Waals surface area contributed by atoms with Gasteiger partial charge in [-0.25, -0.2) is 4.79 Å². The van der Waals surface area contributed by atoms with Gasteiger partial charge < -0.3 is 15.0 Å². The van der Waals surface area contributed by atoms with Gasteiger partial charge in [-0.3, -0.25) is 9.78 Å². The zero-order valence-electron chi connectivity index (χ0n) is 16.3. The highest BCUT2D eigenvalue weighted by atomic mass is 32.1. The molecule has 7 nitrogen and oxygen atoms in total. The third kappa shape index (κ3) is 5.21. The topological polar surface area (TPSA) is 95.3 Å². The Kier molecular flexibility index (Phi) is 6.62. The summed E-state index contributed by atoms with van der Waals surface area (Å²) < 4.78 is 5.30. The smallest absolute Gasteiger partial charge is 0.409 e. The molecule has 0 bridgehead atoms. The first-order chi connectivity index (χ1) is 14.0. The van der Waals surface area contributed by atoms with Gasteiger partial charge in [0.15, 0.2) is 0 Å². The number of nitrogens with zero attached hydrogens (tertiary/aromatic N) is 3. The number of carbonyl (C=O) groups is 2. The molecule has 1 atom stereocenters. The molecule has 150 valence electrons. The molecule has 0 radical (unpaired) electrons. The van der Waals surface area contributed by atoms with Gasteiger partial charge in [-0.05, 0) is 48.4 Å². The molecule has 29 heavy (non-hydrogen) atoms. The minimum atomic E-state index is -0.354. The highest BCUT2D eigenvalue weighted by Crippen LogP contribution is 2.39. The lowest BCUT2D eigenvalue weighted by atomic mass is 9.88. The maximum absolute atomic E-state index is 12.3. The Morgan fingerprint density at radius 2 is 2.31 bits per heavy atom. The van der Waals surface area contributed by atoms with E-state index in [0.29, 0.717) is 17.2 Å². The van der Waals surface area contributed by atoms with Crippen molar-refractivity contribution in [3.8, 4) is 6.07 Å². The fraction of sp³-hybridized carbons (Fsp3) is 0.333. The first-order valence-corrected chi connectivity index (χ1v) is 10.1. The lowest BCUT2D eigenvalue weighted by Crippen LogP contribution is -2.27. The molecule has 2 aromatic heterocycles. The number of pyridine rings is 1. The zero-order valence-corrected chi connectivity index (χ0v) is 17.2. The largest absolute Gasteiger partial charge is 0.449 e. The van der Waals surface area contributed by atoms with Crippen molar-refractivity contribution < 1.29 is 14.3 Å². The Balaban J connectivity index is 1.66. The van der Waals surface area contributed by atoms with E-state index < -0.39 is 0 Å². The van der Waals surface area contributed by atoms with Crippen LogP contribution in [0.4, 0.5) is 9.80 Å². The first kappa shape index (κ1) is 20.6.